The number of benzene rings is 1. The molecule has 1 fully saturated rings. The van der Waals surface area contributed by atoms with Crippen molar-refractivity contribution in [1.29, 1.82) is 0 Å². The minimum atomic E-state index is 0. The molecule has 1 aliphatic rings. The largest absolute Gasteiger partial charge is 0.507 e. The van der Waals surface area contributed by atoms with Crippen molar-refractivity contribution in [3.05, 3.63) is 35.7 Å². The van der Waals surface area contributed by atoms with Gasteiger partial charge >= 0.3 is 0 Å². The van der Waals surface area contributed by atoms with Crippen molar-refractivity contribution in [1.82, 2.24) is 30.1 Å². The van der Waals surface area contributed by atoms with Crippen LogP contribution in [-0.4, -0.2) is 54.1 Å². The van der Waals surface area contributed by atoms with E-state index in [0.717, 1.165) is 29.1 Å². The van der Waals surface area contributed by atoms with E-state index < -0.39 is 0 Å². The van der Waals surface area contributed by atoms with Crippen molar-refractivity contribution < 1.29 is 5.11 Å². The molecule has 0 aliphatic carbocycles. The Balaban J connectivity index is 0.00000274. The van der Waals surface area contributed by atoms with Gasteiger partial charge in [-0.05, 0) is 58.2 Å². The van der Waals surface area contributed by atoms with Crippen molar-refractivity contribution >= 4 is 45.4 Å². The summed E-state index contributed by atoms with van der Waals surface area (Å²) in [5, 5.41) is 27.2. The Morgan fingerprint density at radius 2 is 1.88 bits per heavy atom. The van der Waals surface area contributed by atoms with E-state index in [1.807, 2.05) is 12.1 Å². The van der Waals surface area contributed by atoms with Crippen LogP contribution in [0.25, 0.3) is 27.3 Å². The average Bonchev–Trinajstić information content (AvgIpc) is 3.44. The van der Waals surface area contributed by atoms with Gasteiger partial charge in [-0.15, -0.1) is 17.5 Å². The third-order valence-corrected chi connectivity index (χ3v) is 7.58. The predicted molar refractivity (Wildman–Crippen MR) is 141 cm³/mol. The average molecular weight is 523 g/mol. The molecule has 0 amide bonds. The summed E-state index contributed by atoms with van der Waals surface area (Å²) in [5.41, 5.74) is 2.93. The molecule has 34 heavy (non-hydrogen) atoms. The van der Waals surface area contributed by atoms with Gasteiger partial charge in [0.1, 0.15) is 11.4 Å². The molecule has 0 atom stereocenters. The number of nitrogens with one attached hydrogen (secondary N) is 2. The molecule has 0 spiro atoms. The zero-order chi connectivity index (χ0) is 23.5. The van der Waals surface area contributed by atoms with Crippen molar-refractivity contribution in [2.24, 2.45) is 0 Å². The maximum Gasteiger partial charge on any atom is 0.215 e. The number of imidazole rings is 1. The standard InChI is InChI=1S/C23H28ClN7OS.ClH/c1-22(2)9-15(10-23(3,4)29-22)30(5)21-28-31-19(24)18(27-20(31)33-21)16-7-6-13(8-17(16)32)14-11-25-26-12-14;/h6-8,11-12,15,29,32H,9-10H2,1-5H3,(H,25,26);1H. The Morgan fingerprint density at radius 1 is 1.18 bits per heavy atom. The van der Waals surface area contributed by atoms with E-state index in [1.165, 1.54) is 11.3 Å². The molecular weight excluding hydrogens is 493 g/mol. The molecule has 1 aliphatic heterocycles. The fourth-order valence-corrected chi connectivity index (χ4v) is 6.29. The van der Waals surface area contributed by atoms with Gasteiger partial charge in [0.25, 0.3) is 0 Å². The topological polar surface area (TPSA) is 94.4 Å². The lowest BCUT2D eigenvalue weighted by Crippen LogP contribution is -2.61. The summed E-state index contributed by atoms with van der Waals surface area (Å²) < 4.78 is 1.66. The summed E-state index contributed by atoms with van der Waals surface area (Å²) in [4.78, 5) is 7.65. The summed E-state index contributed by atoms with van der Waals surface area (Å²) in [6.45, 7) is 8.99. The molecule has 3 N–H and O–H groups in total. The summed E-state index contributed by atoms with van der Waals surface area (Å²) in [5.74, 6) is 0.109. The summed E-state index contributed by atoms with van der Waals surface area (Å²) in [6.07, 6.45) is 5.52. The molecule has 11 heteroatoms. The third kappa shape index (κ3) is 4.49. The number of aromatic amines is 1. The lowest BCUT2D eigenvalue weighted by molar-refractivity contribution is 0.161. The zero-order valence-electron chi connectivity index (χ0n) is 19.8. The first-order valence-electron chi connectivity index (χ1n) is 10.9. The lowest BCUT2D eigenvalue weighted by atomic mass is 9.79. The number of piperidine rings is 1. The second-order valence-corrected chi connectivity index (χ2v) is 11.4. The maximum atomic E-state index is 10.7. The molecule has 4 heterocycles. The highest BCUT2D eigenvalue weighted by molar-refractivity contribution is 7.20. The minimum absolute atomic E-state index is 0. The number of aromatic hydroxyl groups is 1. The molecular formula is C23H29Cl2N7OS. The summed E-state index contributed by atoms with van der Waals surface area (Å²) >= 11 is 8.19. The molecule has 1 aromatic carbocycles. The first-order chi connectivity index (χ1) is 15.5. The van der Waals surface area contributed by atoms with Crippen molar-refractivity contribution in [3.63, 3.8) is 0 Å². The zero-order valence-corrected chi connectivity index (χ0v) is 22.1. The van der Waals surface area contributed by atoms with E-state index in [0.29, 0.717) is 27.4 Å². The van der Waals surface area contributed by atoms with Crippen LogP contribution in [0.1, 0.15) is 40.5 Å². The minimum Gasteiger partial charge on any atom is -0.507 e. The van der Waals surface area contributed by atoms with E-state index >= 15 is 0 Å². The van der Waals surface area contributed by atoms with Crippen LogP contribution in [0.15, 0.2) is 30.6 Å². The van der Waals surface area contributed by atoms with E-state index in [2.05, 4.69) is 55.2 Å². The van der Waals surface area contributed by atoms with Crippen LogP contribution >= 0.6 is 35.3 Å². The maximum absolute atomic E-state index is 10.7. The van der Waals surface area contributed by atoms with E-state index in [9.17, 15) is 5.11 Å². The molecule has 0 unspecified atom stereocenters. The molecule has 0 radical (unpaired) electrons. The monoisotopic (exact) mass is 521 g/mol. The van der Waals surface area contributed by atoms with Crippen LogP contribution < -0.4 is 10.2 Å². The van der Waals surface area contributed by atoms with Crippen LogP contribution in [-0.2, 0) is 0 Å². The van der Waals surface area contributed by atoms with Crippen molar-refractivity contribution in [2.75, 3.05) is 11.9 Å². The summed E-state index contributed by atoms with van der Waals surface area (Å²) in [7, 11) is 2.09. The number of nitrogens with zero attached hydrogens (tertiary/aromatic N) is 5. The molecule has 0 bridgehead atoms. The van der Waals surface area contributed by atoms with Crippen LogP contribution in [0.2, 0.25) is 5.15 Å². The smallest absolute Gasteiger partial charge is 0.215 e. The van der Waals surface area contributed by atoms with Crippen molar-refractivity contribution in [2.45, 2.75) is 57.7 Å². The Labute approximate surface area is 213 Å². The SMILES string of the molecule is CN(c1nn2c(Cl)c(-c3ccc(-c4cn[nH]c4)cc3O)nc2s1)C1CC(C)(C)NC(C)(C)C1.Cl. The number of rotatable bonds is 4. The molecule has 1 saturated heterocycles. The van der Waals surface area contributed by atoms with Gasteiger partial charge in [-0.1, -0.05) is 29.0 Å². The Morgan fingerprint density at radius 3 is 2.47 bits per heavy atom. The third-order valence-electron chi connectivity index (χ3n) is 6.24. The van der Waals surface area contributed by atoms with E-state index in [-0.39, 0.29) is 29.2 Å². The fraction of sp³-hybridized carbons (Fsp3) is 0.435. The van der Waals surface area contributed by atoms with Gasteiger partial charge in [0.05, 0.1) is 6.20 Å². The van der Waals surface area contributed by atoms with Gasteiger partial charge < -0.3 is 15.3 Å². The van der Waals surface area contributed by atoms with Gasteiger partial charge in [-0.25, -0.2) is 4.98 Å². The van der Waals surface area contributed by atoms with E-state index in [1.54, 1.807) is 23.0 Å². The van der Waals surface area contributed by atoms with Crippen LogP contribution in [0.5, 0.6) is 5.75 Å². The quantitative estimate of drug-likeness (QED) is 0.334. The highest BCUT2D eigenvalue weighted by Crippen LogP contribution is 2.40. The number of fused-ring (bicyclic) bond motifs is 1. The van der Waals surface area contributed by atoms with Crippen LogP contribution in [0, 0.1) is 0 Å². The second kappa shape index (κ2) is 8.71. The van der Waals surface area contributed by atoms with Gasteiger partial charge in [-0.3, -0.25) is 5.10 Å². The number of halogens is 2. The number of hydrogen-bond donors (Lipinski definition) is 3. The molecule has 3 aromatic heterocycles. The Kier molecular flexibility index (Phi) is 6.35. The normalized spacial score (nSPS) is 17.6. The Hall–Kier alpha value is -2.33. The van der Waals surface area contributed by atoms with Gasteiger partial charge in [0.2, 0.25) is 10.1 Å². The molecule has 4 aromatic rings. The molecule has 0 saturated carbocycles. The molecule has 182 valence electrons. The Bertz CT molecular complexity index is 1300. The number of H-pyrrole nitrogens is 1. The van der Waals surface area contributed by atoms with Crippen molar-refractivity contribution in [3.8, 4) is 28.1 Å². The predicted octanol–water partition coefficient (Wildman–Crippen LogP) is 5.37. The number of hydrogen-bond acceptors (Lipinski definition) is 7. The second-order valence-electron chi connectivity index (χ2n) is 10.1. The number of phenols is 1. The van der Waals surface area contributed by atoms with Gasteiger partial charge in [0, 0.05) is 41.5 Å². The lowest BCUT2D eigenvalue weighted by Gasteiger charge is -2.48. The van der Waals surface area contributed by atoms with Crippen LogP contribution in [0.4, 0.5) is 5.13 Å². The van der Waals surface area contributed by atoms with Crippen LogP contribution in [0.3, 0.4) is 0 Å². The molecule has 8 nitrogen and oxygen atoms in total. The highest BCUT2D eigenvalue weighted by Gasteiger charge is 2.40. The molecule has 5 rings (SSSR count). The highest BCUT2D eigenvalue weighted by atomic mass is 35.5. The fourth-order valence-electron chi connectivity index (χ4n) is 5.05. The number of phenolic OH excluding ortho intramolecular Hbond substituents is 1. The summed E-state index contributed by atoms with van der Waals surface area (Å²) in [6, 6.07) is 5.78. The van der Waals surface area contributed by atoms with Gasteiger partial charge in [-0.2, -0.15) is 9.61 Å². The van der Waals surface area contributed by atoms with Gasteiger partial charge in [0.15, 0.2) is 5.15 Å². The number of anilines is 1. The first-order valence-corrected chi connectivity index (χ1v) is 12.1. The first kappa shape index (κ1) is 24.8. The number of aromatic nitrogens is 5. The van der Waals surface area contributed by atoms with E-state index in [4.69, 9.17) is 21.7 Å².